The van der Waals surface area contributed by atoms with Gasteiger partial charge in [0, 0.05) is 0 Å². The van der Waals surface area contributed by atoms with E-state index in [9.17, 15) is 9.59 Å². The Morgan fingerprint density at radius 2 is 0.821 bits per heavy atom. The second-order valence-electron chi connectivity index (χ2n) is 8.27. The zero-order valence-electron chi connectivity index (χ0n) is 17.4. The van der Waals surface area contributed by atoms with E-state index in [0.717, 1.165) is 11.1 Å². The number of hydrogen-bond donors (Lipinski definition) is 3. The van der Waals surface area contributed by atoms with Gasteiger partial charge in [-0.05, 0) is 46.2 Å². The van der Waals surface area contributed by atoms with Crippen molar-refractivity contribution in [3.63, 3.8) is 0 Å². The van der Waals surface area contributed by atoms with Crippen LogP contribution in [0.1, 0.15) is 73.4 Å². The lowest BCUT2D eigenvalue weighted by atomic mass is 9.87. The molecule has 28 heavy (non-hydrogen) atoms. The molecule has 0 aliphatic rings. The third-order valence-electron chi connectivity index (χ3n) is 4.00. The first-order valence-electron chi connectivity index (χ1n) is 8.76. The standard InChI is InChI=1S/2C11H14O2.Al.H2O/c2*1-11(2,3)9-6-4-8(5-7-9)10(12)13;;/h2*4-7H,1-3H3,(H,12,13);;1H2/q;;+1;/p-1. The summed E-state index contributed by atoms with van der Waals surface area (Å²) in [7, 11) is 0. The first-order valence-corrected chi connectivity index (χ1v) is 9.27. The molecule has 3 N–H and O–H groups in total. The molecule has 2 rings (SSSR count). The fourth-order valence-corrected chi connectivity index (χ4v) is 2.23. The maximum Gasteiger partial charge on any atom is 0.363 e. The van der Waals surface area contributed by atoms with Gasteiger partial charge in [-0.15, -0.1) is 0 Å². The number of carboxylic acids is 2. The number of carboxylic acid groups (broad SMARTS) is 2. The molecule has 0 saturated heterocycles. The van der Waals surface area contributed by atoms with Gasteiger partial charge in [0.1, 0.15) is 0 Å². The fraction of sp³-hybridized carbons (Fsp3) is 0.364. The van der Waals surface area contributed by atoms with Crippen molar-refractivity contribution in [2.75, 3.05) is 0 Å². The van der Waals surface area contributed by atoms with Crippen molar-refractivity contribution in [2.45, 2.75) is 52.4 Å². The minimum atomic E-state index is -0.875. The molecule has 0 aliphatic heterocycles. The normalized spacial score (nSPS) is 10.7. The van der Waals surface area contributed by atoms with E-state index < -0.39 is 11.9 Å². The molecular formula is C22H29AlO5. The predicted molar refractivity (Wildman–Crippen MR) is 112 cm³/mol. The summed E-state index contributed by atoms with van der Waals surface area (Å²) in [6.07, 6.45) is 0. The molecule has 2 radical (unpaired) electrons. The SMILES string of the molecule is CC(C)(C)c1ccc(C(=O)O)cc1.CC(C)(C)c1ccc(C(=O)O)cc1.[OH][Al]. The molecule has 2 aromatic rings. The van der Waals surface area contributed by atoms with Gasteiger partial charge in [-0.3, -0.25) is 0 Å². The molecule has 6 heteroatoms. The number of carbonyl (C=O) groups is 2. The topological polar surface area (TPSA) is 94.8 Å². The minimum absolute atomic E-state index is 0.0804. The number of hydrogen-bond acceptors (Lipinski definition) is 3. The van der Waals surface area contributed by atoms with Crippen LogP contribution < -0.4 is 0 Å². The van der Waals surface area contributed by atoms with Crippen LogP contribution >= 0.6 is 0 Å². The number of rotatable bonds is 2. The van der Waals surface area contributed by atoms with Gasteiger partial charge in [0.05, 0.1) is 11.1 Å². The molecule has 0 bridgehead atoms. The van der Waals surface area contributed by atoms with E-state index in [0.29, 0.717) is 11.1 Å². The average Bonchev–Trinajstić information content (AvgIpc) is 2.62. The molecule has 0 fully saturated rings. The average molecular weight is 400 g/mol. The van der Waals surface area contributed by atoms with E-state index >= 15 is 0 Å². The molecule has 0 aromatic heterocycles. The molecule has 0 unspecified atom stereocenters. The number of benzene rings is 2. The summed E-state index contributed by atoms with van der Waals surface area (Å²) in [5.74, 6) is -1.75. The van der Waals surface area contributed by atoms with Crippen LogP contribution in [0.3, 0.4) is 0 Å². The maximum atomic E-state index is 10.6. The van der Waals surface area contributed by atoms with E-state index in [1.54, 1.807) is 24.3 Å². The van der Waals surface area contributed by atoms with Crippen LogP contribution in [0.15, 0.2) is 48.5 Å². The van der Waals surface area contributed by atoms with Crippen LogP contribution in [0, 0.1) is 0 Å². The van der Waals surface area contributed by atoms with Crippen LogP contribution in [0.5, 0.6) is 0 Å². The monoisotopic (exact) mass is 400 g/mol. The summed E-state index contributed by atoms with van der Waals surface area (Å²) in [5.41, 5.74) is 3.14. The lowest BCUT2D eigenvalue weighted by Gasteiger charge is -2.18. The fourth-order valence-electron chi connectivity index (χ4n) is 2.23. The van der Waals surface area contributed by atoms with Gasteiger partial charge in [0.15, 0.2) is 0 Å². The van der Waals surface area contributed by atoms with E-state index in [1.807, 2.05) is 24.3 Å². The Balaban J connectivity index is 0.000000478. The number of aromatic carboxylic acids is 2. The molecule has 0 heterocycles. The molecular weight excluding hydrogens is 371 g/mol. The quantitative estimate of drug-likeness (QED) is 0.649. The van der Waals surface area contributed by atoms with Crippen LogP contribution in [0.4, 0.5) is 0 Å². The van der Waals surface area contributed by atoms with E-state index in [4.69, 9.17) is 14.4 Å². The molecule has 0 amide bonds. The summed E-state index contributed by atoms with van der Waals surface area (Å²) in [6, 6.07) is 14.0. The lowest BCUT2D eigenvalue weighted by Crippen LogP contribution is -2.11. The van der Waals surface area contributed by atoms with Crippen molar-refractivity contribution in [1.29, 1.82) is 0 Å². The summed E-state index contributed by atoms with van der Waals surface area (Å²) < 4.78 is 6.92. The Morgan fingerprint density at radius 1 is 0.607 bits per heavy atom. The molecule has 2 aromatic carbocycles. The highest BCUT2D eigenvalue weighted by Gasteiger charge is 2.14. The van der Waals surface area contributed by atoms with Gasteiger partial charge in [-0.25, -0.2) is 9.59 Å². The zero-order chi connectivity index (χ0) is 22.1. The highest BCUT2D eigenvalue weighted by molar-refractivity contribution is 5.95. The van der Waals surface area contributed by atoms with Gasteiger partial charge < -0.3 is 14.4 Å². The van der Waals surface area contributed by atoms with Crippen molar-refractivity contribution < 1.29 is 24.0 Å². The van der Waals surface area contributed by atoms with Crippen LogP contribution in [-0.2, 0) is 10.8 Å². The lowest BCUT2D eigenvalue weighted by molar-refractivity contribution is 0.0686. The molecule has 5 nitrogen and oxygen atoms in total. The third-order valence-corrected chi connectivity index (χ3v) is 4.00. The van der Waals surface area contributed by atoms with Crippen molar-refractivity contribution in [1.82, 2.24) is 0 Å². The first kappa shape index (κ1) is 25.9. The van der Waals surface area contributed by atoms with Crippen molar-refractivity contribution >= 4 is 28.6 Å². The Labute approximate surface area is 175 Å². The summed E-state index contributed by atoms with van der Waals surface area (Å²) >= 11 is 1.42. The summed E-state index contributed by atoms with van der Waals surface area (Å²) in [6.45, 7) is 12.6. The Kier molecular flexibility index (Phi) is 10.2. The van der Waals surface area contributed by atoms with Crippen molar-refractivity contribution in [2.24, 2.45) is 0 Å². The van der Waals surface area contributed by atoms with Gasteiger partial charge in [0.2, 0.25) is 0 Å². The van der Waals surface area contributed by atoms with Crippen LogP contribution in [0.25, 0.3) is 0 Å². The van der Waals surface area contributed by atoms with E-state index in [1.165, 1.54) is 16.6 Å². The van der Waals surface area contributed by atoms with Crippen LogP contribution in [-0.4, -0.2) is 42.9 Å². The van der Waals surface area contributed by atoms with Crippen molar-refractivity contribution in [3.05, 3.63) is 70.8 Å². The summed E-state index contributed by atoms with van der Waals surface area (Å²) in [4.78, 5) is 21.1. The Morgan fingerprint density at radius 3 is 0.964 bits per heavy atom. The maximum absolute atomic E-state index is 10.6. The van der Waals surface area contributed by atoms with Gasteiger partial charge in [-0.2, -0.15) is 0 Å². The largest absolute Gasteiger partial charge is 0.529 e. The minimum Gasteiger partial charge on any atom is -0.529 e. The molecule has 0 spiro atoms. The second kappa shape index (κ2) is 11.0. The van der Waals surface area contributed by atoms with Crippen molar-refractivity contribution in [3.8, 4) is 0 Å². The van der Waals surface area contributed by atoms with E-state index in [2.05, 4.69) is 41.5 Å². The third kappa shape index (κ3) is 8.71. The Hall–Kier alpha value is -2.13. The molecule has 0 aliphatic carbocycles. The molecule has 0 saturated carbocycles. The zero-order valence-corrected chi connectivity index (χ0v) is 18.5. The summed E-state index contributed by atoms with van der Waals surface area (Å²) in [5, 5.41) is 17.4. The highest BCUT2D eigenvalue weighted by Crippen LogP contribution is 2.22. The second-order valence-corrected chi connectivity index (χ2v) is 8.27. The predicted octanol–water partition coefficient (Wildman–Crippen LogP) is 4.43. The van der Waals surface area contributed by atoms with Gasteiger partial charge in [0.25, 0.3) is 0 Å². The highest BCUT2D eigenvalue weighted by atomic mass is 27.1. The van der Waals surface area contributed by atoms with Gasteiger partial charge >= 0.3 is 28.6 Å². The Bertz CT molecular complexity index is 684. The first-order chi connectivity index (χ1) is 12.8. The van der Waals surface area contributed by atoms with E-state index in [-0.39, 0.29) is 10.8 Å². The smallest absolute Gasteiger partial charge is 0.363 e. The molecule has 150 valence electrons. The van der Waals surface area contributed by atoms with Gasteiger partial charge in [-0.1, -0.05) is 65.8 Å². The molecule has 0 atom stereocenters. The van der Waals surface area contributed by atoms with Crippen LogP contribution in [0.2, 0.25) is 0 Å².